The zero-order valence-corrected chi connectivity index (χ0v) is 10.7. The predicted octanol–water partition coefficient (Wildman–Crippen LogP) is 3.03. The first kappa shape index (κ1) is 11.6. The van der Waals surface area contributed by atoms with E-state index in [2.05, 4.69) is 16.8 Å². The summed E-state index contributed by atoms with van der Waals surface area (Å²) in [5.74, 6) is 0. The minimum Gasteiger partial charge on any atom is -0.345 e. The van der Waals surface area contributed by atoms with Crippen molar-refractivity contribution < 1.29 is 4.79 Å². The Hall–Kier alpha value is -0.900. The molecule has 1 fully saturated rings. The quantitative estimate of drug-likeness (QED) is 0.756. The van der Waals surface area contributed by atoms with Gasteiger partial charge in [0.1, 0.15) is 0 Å². The molecule has 0 aliphatic heterocycles. The number of anilines is 1. The van der Waals surface area contributed by atoms with E-state index in [1.807, 2.05) is 6.92 Å². The van der Waals surface area contributed by atoms with Gasteiger partial charge in [-0.25, -0.2) is 4.98 Å². The lowest BCUT2D eigenvalue weighted by Gasteiger charge is -2.26. The lowest BCUT2D eigenvalue weighted by atomic mass is 10.2. The third-order valence-corrected chi connectivity index (χ3v) is 4.40. The second-order valence-corrected chi connectivity index (χ2v) is 5.30. The Morgan fingerprint density at radius 3 is 2.69 bits per heavy atom. The van der Waals surface area contributed by atoms with E-state index in [1.54, 1.807) is 0 Å². The Kier molecular flexibility index (Phi) is 3.59. The van der Waals surface area contributed by atoms with E-state index >= 15 is 0 Å². The molecule has 1 aliphatic rings. The number of carbonyl (C=O) groups excluding carboxylic acids is 1. The summed E-state index contributed by atoms with van der Waals surface area (Å²) in [5.41, 5.74) is 0.867. The van der Waals surface area contributed by atoms with Crippen LogP contribution in [0, 0.1) is 6.92 Å². The van der Waals surface area contributed by atoms with Crippen LogP contribution in [0.3, 0.4) is 0 Å². The van der Waals surface area contributed by atoms with E-state index in [0.29, 0.717) is 6.04 Å². The Bertz CT molecular complexity index is 369. The summed E-state index contributed by atoms with van der Waals surface area (Å²) in [5, 5.41) is 1.02. The van der Waals surface area contributed by atoms with E-state index in [9.17, 15) is 4.79 Å². The fourth-order valence-electron chi connectivity index (χ4n) is 2.39. The van der Waals surface area contributed by atoms with Gasteiger partial charge in [-0.1, -0.05) is 24.2 Å². The van der Waals surface area contributed by atoms with Crippen LogP contribution in [0.15, 0.2) is 0 Å². The number of rotatable bonds is 4. The summed E-state index contributed by atoms with van der Waals surface area (Å²) < 4.78 is 0. The molecular weight excluding hydrogens is 220 g/mol. The topological polar surface area (TPSA) is 33.2 Å². The molecule has 0 aromatic carbocycles. The van der Waals surface area contributed by atoms with E-state index < -0.39 is 0 Å². The first-order valence-corrected chi connectivity index (χ1v) is 6.77. The Balaban J connectivity index is 2.21. The number of hydrogen-bond donors (Lipinski definition) is 0. The normalized spacial score (nSPS) is 16.6. The largest absolute Gasteiger partial charge is 0.345 e. The smallest absolute Gasteiger partial charge is 0.186 e. The molecule has 1 aliphatic carbocycles. The molecule has 0 bridgehead atoms. The molecule has 0 spiro atoms. The Labute approximate surface area is 100 Å². The first-order valence-electron chi connectivity index (χ1n) is 5.95. The van der Waals surface area contributed by atoms with Gasteiger partial charge in [-0.2, -0.15) is 0 Å². The molecule has 0 saturated heterocycles. The summed E-state index contributed by atoms with van der Waals surface area (Å²) in [7, 11) is 0. The van der Waals surface area contributed by atoms with Crippen molar-refractivity contribution in [2.45, 2.75) is 45.6 Å². The second kappa shape index (κ2) is 4.95. The lowest BCUT2D eigenvalue weighted by molar-refractivity contribution is 0.112. The van der Waals surface area contributed by atoms with Gasteiger partial charge in [0.2, 0.25) is 0 Å². The molecule has 4 heteroatoms. The van der Waals surface area contributed by atoms with Gasteiger partial charge < -0.3 is 4.90 Å². The molecule has 0 N–H and O–H groups in total. The van der Waals surface area contributed by atoms with E-state index in [1.165, 1.54) is 37.0 Å². The van der Waals surface area contributed by atoms with Crippen molar-refractivity contribution in [3.8, 4) is 0 Å². The molecule has 2 rings (SSSR count). The number of aldehydes is 1. The molecule has 16 heavy (non-hydrogen) atoms. The standard InChI is InChI=1S/C12H18N2OS/c1-3-14(10-6-4-5-7-10)12-13-9(2)11(8-15)16-12/h8,10H,3-7H2,1-2H3. The molecule has 1 saturated carbocycles. The molecule has 3 nitrogen and oxygen atoms in total. The molecule has 1 aromatic rings. The predicted molar refractivity (Wildman–Crippen MR) is 67.5 cm³/mol. The number of hydrogen-bond acceptors (Lipinski definition) is 4. The van der Waals surface area contributed by atoms with E-state index in [-0.39, 0.29) is 0 Å². The molecule has 0 radical (unpaired) electrons. The summed E-state index contributed by atoms with van der Waals surface area (Å²) in [6, 6.07) is 0.634. The molecule has 88 valence electrons. The van der Waals surface area contributed by atoms with Crippen molar-refractivity contribution in [3.63, 3.8) is 0 Å². The number of aryl methyl sites for hydroxylation is 1. The van der Waals surface area contributed by atoms with Crippen LogP contribution in [0.25, 0.3) is 0 Å². The van der Waals surface area contributed by atoms with E-state index in [4.69, 9.17) is 0 Å². The molecule has 1 heterocycles. The minimum atomic E-state index is 0.634. The molecule has 0 unspecified atom stereocenters. The number of aromatic nitrogens is 1. The van der Waals surface area contributed by atoms with Gasteiger partial charge >= 0.3 is 0 Å². The molecule has 0 amide bonds. The van der Waals surface area contributed by atoms with E-state index in [0.717, 1.165) is 28.5 Å². The summed E-state index contributed by atoms with van der Waals surface area (Å²) in [4.78, 5) is 18.5. The minimum absolute atomic E-state index is 0.634. The first-order chi connectivity index (χ1) is 7.76. The zero-order chi connectivity index (χ0) is 11.5. The lowest BCUT2D eigenvalue weighted by Crippen LogP contribution is -2.32. The van der Waals surface area contributed by atoms with Gasteiger partial charge in [0.05, 0.1) is 10.6 Å². The third-order valence-electron chi connectivity index (χ3n) is 3.28. The van der Waals surface area contributed by atoms with Crippen molar-refractivity contribution in [2.24, 2.45) is 0 Å². The zero-order valence-electron chi connectivity index (χ0n) is 9.90. The van der Waals surface area contributed by atoms with Crippen LogP contribution >= 0.6 is 11.3 Å². The molecule has 0 atom stereocenters. The fourth-order valence-corrected chi connectivity index (χ4v) is 3.41. The Morgan fingerprint density at radius 1 is 1.50 bits per heavy atom. The van der Waals surface area contributed by atoms with Gasteiger partial charge in [0.25, 0.3) is 0 Å². The highest BCUT2D eigenvalue weighted by Crippen LogP contribution is 2.31. The molecule has 1 aromatic heterocycles. The monoisotopic (exact) mass is 238 g/mol. The fraction of sp³-hybridized carbons (Fsp3) is 0.667. The van der Waals surface area contributed by atoms with Crippen LogP contribution < -0.4 is 4.90 Å². The average Bonchev–Trinajstić information content (AvgIpc) is 2.89. The summed E-state index contributed by atoms with van der Waals surface area (Å²) in [6.45, 7) is 5.05. The molecular formula is C12H18N2OS. The van der Waals surface area contributed by atoms with Gasteiger partial charge in [0.15, 0.2) is 11.4 Å². The van der Waals surface area contributed by atoms with Crippen LogP contribution in [-0.4, -0.2) is 23.9 Å². The van der Waals surface area contributed by atoms with Crippen molar-refractivity contribution in [1.82, 2.24) is 4.98 Å². The highest BCUT2D eigenvalue weighted by Gasteiger charge is 2.24. The maximum Gasteiger partial charge on any atom is 0.186 e. The van der Waals surface area contributed by atoms with Crippen LogP contribution in [-0.2, 0) is 0 Å². The Morgan fingerprint density at radius 2 is 2.19 bits per heavy atom. The third kappa shape index (κ3) is 2.12. The average molecular weight is 238 g/mol. The van der Waals surface area contributed by atoms with Crippen molar-refractivity contribution in [3.05, 3.63) is 10.6 Å². The van der Waals surface area contributed by atoms with Crippen LogP contribution in [0.5, 0.6) is 0 Å². The second-order valence-electron chi connectivity index (χ2n) is 4.29. The van der Waals surface area contributed by atoms with Gasteiger partial charge in [0, 0.05) is 12.6 Å². The number of nitrogens with zero attached hydrogens (tertiary/aromatic N) is 2. The highest BCUT2D eigenvalue weighted by molar-refractivity contribution is 7.17. The van der Waals surface area contributed by atoms with Crippen LogP contribution in [0.4, 0.5) is 5.13 Å². The maximum absolute atomic E-state index is 10.8. The van der Waals surface area contributed by atoms with Crippen molar-refractivity contribution >= 4 is 22.8 Å². The number of carbonyl (C=O) groups is 1. The van der Waals surface area contributed by atoms with Crippen molar-refractivity contribution in [2.75, 3.05) is 11.4 Å². The van der Waals surface area contributed by atoms with Crippen molar-refractivity contribution in [1.29, 1.82) is 0 Å². The SMILES string of the molecule is CCN(c1nc(C)c(C=O)s1)C1CCCC1. The summed E-state index contributed by atoms with van der Waals surface area (Å²) in [6.07, 6.45) is 6.10. The van der Waals surface area contributed by atoms with Gasteiger partial charge in [-0.15, -0.1) is 0 Å². The van der Waals surface area contributed by atoms with Gasteiger partial charge in [-0.3, -0.25) is 4.79 Å². The maximum atomic E-state index is 10.8. The van der Waals surface area contributed by atoms with Gasteiger partial charge in [-0.05, 0) is 26.7 Å². The number of thiazole rings is 1. The van der Waals surface area contributed by atoms with Crippen LogP contribution in [0.2, 0.25) is 0 Å². The summed E-state index contributed by atoms with van der Waals surface area (Å²) >= 11 is 1.53. The highest BCUT2D eigenvalue weighted by atomic mass is 32.1. The van der Waals surface area contributed by atoms with Crippen LogP contribution in [0.1, 0.15) is 48.0 Å².